The molecule has 0 amide bonds. The van der Waals surface area contributed by atoms with Gasteiger partial charge in [0.15, 0.2) is 0 Å². The minimum atomic E-state index is 0.280. The van der Waals surface area contributed by atoms with E-state index in [1.54, 1.807) is 0 Å². The molecule has 0 atom stereocenters. The Labute approximate surface area is 270 Å². The number of aromatic nitrogens is 2. The van der Waals surface area contributed by atoms with Crippen LogP contribution in [0.5, 0.6) is 5.75 Å². The molecule has 10 rings (SSSR count). The lowest BCUT2D eigenvalue weighted by Crippen LogP contribution is -1.88. The first-order valence-corrected chi connectivity index (χ1v) is 16.0. The number of benzene rings is 8. The molecule has 0 radical (unpaired) electrons. The molecule has 8 aromatic carbocycles. The van der Waals surface area contributed by atoms with Crippen molar-refractivity contribution in [3.63, 3.8) is 0 Å². The Hall–Kier alpha value is -6.32. The van der Waals surface area contributed by atoms with Gasteiger partial charge in [0.25, 0.3) is 0 Å². The number of hydrogen-bond acceptors (Lipinski definition) is 1. The number of phenols is 1. The first-order chi connectivity index (χ1) is 23.2. The number of nitrogens with one attached hydrogen (secondary N) is 2. The van der Waals surface area contributed by atoms with Crippen LogP contribution in [0.3, 0.4) is 0 Å². The fraction of sp³-hybridized carbons (Fsp3) is 0. The molecule has 0 saturated heterocycles. The van der Waals surface area contributed by atoms with Gasteiger partial charge in [-0.15, -0.1) is 0 Å². The minimum absolute atomic E-state index is 0.280. The average Bonchev–Trinajstić information content (AvgIpc) is 3.70. The van der Waals surface area contributed by atoms with Crippen molar-refractivity contribution in [2.45, 2.75) is 0 Å². The quantitative estimate of drug-likeness (QED) is 0.186. The van der Waals surface area contributed by atoms with Crippen molar-refractivity contribution < 1.29 is 5.11 Å². The maximum absolute atomic E-state index is 11.3. The third-order valence-electron chi connectivity index (χ3n) is 9.85. The van der Waals surface area contributed by atoms with Gasteiger partial charge >= 0.3 is 0 Å². The number of H-pyrrole nitrogens is 2. The number of fused-ring (bicyclic) bond motifs is 8. The molecular weight excluding hydrogens is 572 g/mol. The Morgan fingerprint density at radius 3 is 1.51 bits per heavy atom. The summed E-state index contributed by atoms with van der Waals surface area (Å²) < 4.78 is 0. The van der Waals surface area contributed by atoms with E-state index in [1.165, 1.54) is 27.1 Å². The van der Waals surface area contributed by atoms with Crippen molar-refractivity contribution in [3.8, 4) is 39.1 Å². The van der Waals surface area contributed by atoms with E-state index in [0.717, 1.165) is 71.4 Å². The maximum Gasteiger partial charge on any atom is 0.124 e. The third kappa shape index (κ3) is 3.87. The van der Waals surface area contributed by atoms with E-state index in [4.69, 9.17) is 0 Å². The van der Waals surface area contributed by atoms with Gasteiger partial charge < -0.3 is 15.1 Å². The Morgan fingerprint density at radius 2 is 0.872 bits per heavy atom. The highest BCUT2D eigenvalue weighted by atomic mass is 16.3. The van der Waals surface area contributed by atoms with Gasteiger partial charge in [0, 0.05) is 49.3 Å². The topological polar surface area (TPSA) is 51.8 Å². The number of aromatic hydroxyl groups is 1. The van der Waals surface area contributed by atoms with Gasteiger partial charge in [-0.2, -0.15) is 0 Å². The molecule has 0 unspecified atom stereocenters. The first-order valence-electron chi connectivity index (χ1n) is 16.0. The van der Waals surface area contributed by atoms with Gasteiger partial charge in [-0.25, -0.2) is 0 Å². The van der Waals surface area contributed by atoms with Crippen LogP contribution in [0.1, 0.15) is 0 Å². The summed E-state index contributed by atoms with van der Waals surface area (Å²) in [5, 5.41) is 20.6. The van der Waals surface area contributed by atoms with Gasteiger partial charge in [-0.1, -0.05) is 121 Å². The lowest BCUT2D eigenvalue weighted by molar-refractivity contribution is 0.478. The molecule has 3 N–H and O–H groups in total. The van der Waals surface area contributed by atoms with Crippen LogP contribution in [-0.4, -0.2) is 15.1 Å². The SMILES string of the molecule is Oc1ccc2cc(-c3cccc4c3[nH]c3ccccc34)ccc2c1-c1cccc2cc(-c3cccc4c3[nH]c3ccccc34)ccc12. The van der Waals surface area contributed by atoms with Crippen LogP contribution in [0.25, 0.3) is 98.5 Å². The summed E-state index contributed by atoms with van der Waals surface area (Å²) in [5.41, 5.74) is 11.1. The van der Waals surface area contributed by atoms with E-state index >= 15 is 0 Å². The van der Waals surface area contributed by atoms with Gasteiger partial charge in [0.05, 0.1) is 11.0 Å². The second kappa shape index (κ2) is 9.84. The Bertz CT molecular complexity index is 2870. The van der Waals surface area contributed by atoms with E-state index in [1.807, 2.05) is 12.1 Å². The van der Waals surface area contributed by atoms with Crippen LogP contribution in [0.2, 0.25) is 0 Å². The van der Waals surface area contributed by atoms with Crippen molar-refractivity contribution in [2.75, 3.05) is 0 Å². The first kappa shape index (κ1) is 26.0. The molecule has 220 valence electrons. The van der Waals surface area contributed by atoms with Gasteiger partial charge in [-0.05, 0) is 68.6 Å². The molecular formula is C44H28N2O. The van der Waals surface area contributed by atoms with Crippen LogP contribution in [0, 0.1) is 0 Å². The van der Waals surface area contributed by atoms with Crippen molar-refractivity contribution in [1.82, 2.24) is 9.97 Å². The summed E-state index contributed by atoms with van der Waals surface area (Å²) in [6.45, 7) is 0. The van der Waals surface area contributed by atoms with E-state index in [-0.39, 0.29) is 5.75 Å². The van der Waals surface area contributed by atoms with Crippen molar-refractivity contribution in [2.24, 2.45) is 0 Å². The summed E-state index contributed by atoms with van der Waals surface area (Å²) in [6.07, 6.45) is 0. The highest BCUT2D eigenvalue weighted by Gasteiger charge is 2.16. The number of hydrogen-bond donors (Lipinski definition) is 3. The summed E-state index contributed by atoms with van der Waals surface area (Å²) in [6, 6.07) is 53.4. The van der Waals surface area contributed by atoms with Crippen LogP contribution < -0.4 is 0 Å². The molecule has 47 heavy (non-hydrogen) atoms. The van der Waals surface area contributed by atoms with Gasteiger partial charge in [0.2, 0.25) is 0 Å². The zero-order chi connectivity index (χ0) is 31.1. The lowest BCUT2D eigenvalue weighted by Gasteiger charge is -2.14. The summed E-state index contributed by atoms with van der Waals surface area (Å²) >= 11 is 0. The maximum atomic E-state index is 11.3. The minimum Gasteiger partial charge on any atom is -0.507 e. The molecule has 3 nitrogen and oxygen atoms in total. The molecule has 0 aliphatic heterocycles. The normalized spacial score (nSPS) is 11.9. The summed E-state index contributed by atoms with van der Waals surface area (Å²) in [7, 11) is 0. The van der Waals surface area contributed by atoms with Crippen LogP contribution in [-0.2, 0) is 0 Å². The molecule has 3 heteroatoms. The van der Waals surface area contributed by atoms with E-state index in [9.17, 15) is 5.11 Å². The number of phenolic OH excluding ortho intramolecular Hbond substituents is 1. The standard InChI is InChI=1S/C44H28N2O/c47-41-23-20-27-25-29(33-12-7-15-38-35-10-2-4-17-40(35)46-44(33)38)19-22-31(27)42(41)36-13-5-8-26-24-28(18-21-30(26)36)32-11-6-14-37-34-9-1-3-16-39(34)45-43(32)37/h1-25,45-47H. The molecule has 10 aromatic rings. The van der Waals surface area contributed by atoms with E-state index < -0.39 is 0 Å². The van der Waals surface area contributed by atoms with Crippen LogP contribution in [0.4, 0.5) is 0 Å². The van der Waals surface area contributed by atoms with Crippen molar-refractivity contribution >= 4 is 65.2 Å². The largest absolute Gasteiger partial charge is 0.507 e. The van der Waals surface area contributed by atoms with E-state index in [2.05, 4.69) is 149 Å². The number of rotatable bonds is 3. The molecule has 0 saturated carbocycles. The van der Waals surface area contributed by atoms with Gasteiger partial charge in [0.1, 0.15) is 5.75 Å². The zero-order valence-electron chi connectivity index (χ0n) is 25.4. The second-order valence-electron chi connectivity index (χ2n) is 12.4. The summed E-state index contributed by atoms with van der Waals surface area (Å²) in [5.74, 6) is 0.280. The Morgan fingerprint density at radius 1 is 0.362 bits per heavy atom. The molecule has 0 bridgehead atoms. The predicted molar refractivity (Wildman–Crippen MR) is 198 cm³/mol. The Balaban J connectivity index is 1.12. The number of para-hydroxylation sites is 4. The highest BCUT2D eigenvalue weighted by molar-refractivity contribution is 6.15. The Kier molecular flexibility index (Phi) is 5.43. The summed E-state index contributed by atoms with van der Waals surface area (Å²) in [4.78, 5) is 7.31. The number of aromatic amines is 2. The second-order valence-corrected chi connectivity index (χ2v) is 12.4. The molecule has 2 aromatic heterocycles. The monoisotopic (exact) mass is 600 g/mol. The van der Waals surface area contributed by atoms with E-state index in [0.29, 0.717) is 0 Å². The molecule has 0 aliphatic carbocycles. The molecule has 0 aliphatic rings. The molecule has 0 fully saturated rings. The zero-order valence-corrected chi connectivity index (χ0v) is 25.4. The third-order valence-corrected chi connectivity index (χ3v) is 9.85. The van der Waals surface area contributed by atoms with Crippen molar-refractivity contribution in [1.29, 1.82) is 0 Å². The van der Waals surface area contributed by atoms with Crippen LogP contribution >= 0.6 is 0 Å². The smallest absolute Gasteiger partial charge is 0.124 e. The van der Waals surface area contributed by atoms with Crippen LogP contribution in [0.15, 0.2) is 152 Å². The molecule has 0 spiro atoms. The van der Waals surface area contributed by atoms with Crippen molar-refractivity contribution in [3.05, 3.63) is 152 Å². The fourth-order valence-corrected chi connectivity index (χ4v) is 7.67. The van der Waals surface area contributed by atoms with Gasteiger partial charge in [-0.3, -0.25) is 0 Å². The molecule has 2 heterocycles. The predicted octanol–water partition coefficient (Wildman–Crippen LogP) is 12.0. The lowest BCUT2D eigenvalue weighted by atomic mass is 9.90. The fourth-order valence-electron chi connectivity index (χ4n) is 7.67. The average molecular weight is 601 g/mol. The highest BCUT2D eigenvalue weighted by Crippen LogP contribution is 2.43.